The first-order valence-corrected chi connectivity index (χ1v) is 12.1. The van der Waals surface area contributed by atoms with E-state index in [4.69, 9.17) is 9.47 Å². The smallest absolute Gasteiger partial charge is 0.412 e. The second kappa shape index (κ2) is 13.1. The van der Waals surface area contributed by atoms with Crippen molar-refractivity contribution in [3.63, 3.8) is 0 Å². The highest BCUT2D eigenvalue weighted by atomic mass is 32.2. The first-order chi connectivity index (χ1) is 16.2. The van der Waals surface area contributed by atoms with E-state index in [1.165, 1.54) is 22.2 Å². The zero-order valence-corrected chi connectivity index (χ0v) is 23.1. The van der Waals surface area contributed by atoms with Crippen LogP contribution in [0, 0.1) is 20.8 Å². The molecule has 194 valence electrons. The molecule has 35 heavy (non-hydrogen) atoms. The third kappa shape index (κ3) is 9.23. The Kier molecular flexibility index (Phi) is 11.2. The Bertz CT molecular complexity index is 1020. The molecule has 10 nitrogen and oxygen atoms in total. The lowest BCUT2D eigenvalue weighted by atomic mass is 9.96. The largest absolute Gasteiger partial charge is 0.465 e. The number of aromatic nitrogens is 3. The summed E-state index contributed by atoms with van der Waals surface area (Å²) >= 11 is 1.15. The molecule has 0 aliphatic heterocycles. The van der Waals surface area contributed by atoms with E-state index >= 15 is 0 Å². The Morgan fingerprint density at radius 3 is 2.14 bits per heavy atom. The molecular formula is C24H37N5O5S. The molecular weight excluding hydrogens is 470 g/mol. The van der Waals surface area contributed by atoms with E-state index in [1.807, 2.05) is 53.7 Å². The van der Waals surface area contributed by atoms with Gasteiger partial charge in [-0.1, -0.05) is 32.5 Å². The highest BCUT2D eigenvalue weighted by Crippen LogP contribution is 2.24. The molecule has 0 saturated heterocycles. The fraction of sp³-hybridized carbons (Fsp3) is 0.542. The second-order valence-electron chi connectivity index (χ2n) is 8.97. The molecule has 0 spiro atoms. The van der Waals surface area contributed by atoms with Gasteiger partial charge in [0.15, 0.2) is 11.0 Å². The Morgan fingerprint density at radius 2 is 1.69 bits per heavy atom. The predicted octanol–water partition coefficient (Wildman–Crippen LogP) is 4.09. The lowest BCUT2D eigenvalue weighted by molar-refractivity contribution is -0.139. The molecule has 1 aromatic heterocycles. The molecule has 1 aromatic carbocycles. The predicted molar refractivity (Wildman–Crippen MR) is 136 cm³/mol. The van der Waals surface area contributed by atoms with Crippen LogP contribution in [-0.4, -0.2) is 71.3 Å². The van der Waals surface area contributed by atoms with Gasteiger partial charge in [0.2, 0.25) is 0 Å². The SMILES string of the molecule is CCOC(=O)CSc1nc(C(C)(C)C)nn1C(=O)N(C)C.CNC(=O)Oc1cc(C)c(C)c(C)c1. The molecule has 2 aromatic rings. The van der Waals surface area contributed by atoms with Crippen LogP contribution in [0.2, 0.25) is 0 Å². The summed E-state index contributed by atoms with van der Waals surface area (Å²) in [7, 11) is 4.82. The van der Waals surface area contributed by atoms with E-state index in [9.17, 15) is 14.4 Å². The Balaban J connectivity index is 0.000000379. The molecule has 0 bridgehead atoms. The Hall–Kier alpha value is -3.08. The monoisotopic (exact) mass is 507 g/mol. The van der Waals surface area contributed by atoms with E-state index in [2.05, 4.69) is 15.4 Å². The number of hydrogen-bond donors (Lipinski definition) is 1. The summed E-state index contributed by atoms with van der Waals surface area (Å²) in [5, 5.41) is 7.07. The summed E-state index contributed by atoms with van der Waals surface area (Å²) in [6.45, 7) is 14.0. The summed E-state index contributed by atoms with van der Waals surface area (Å²) in [6, 6.07) is 3.42. The van der Waals surface area contributed by atoms with Crippen LogP contribution in [0.5, 0.6) is 5.75 Å². The van der Waals surface area contributed by atoms with Crippen molar-refractivity contribution in [2.45, 2.75) is 59.0 Å². The fourth-order valence-electron chi connectivity index (χ4n) is 2.56. The van der Waals surface area contributed by atoms with Crippen molar-refractivity contribution in [1.29, 1.82) is 0 Å². The molecule has 11 heteroatoms. The van der Waals surface area contributed by atoms with Crippen molar-refractivity contribution in [3.05, 3.63) is 34.6 Å². The molecule has 0 saturated carbocycles. The van der Waals surface area contributed by atoms with Gasteiger partial charge in [-0.25, -0.2) is 14.6 Å². The maximum atomic E-state index is 12.1. The van der Waals surface area contributed by atoms with Crippen LogP contribution in [-0.2, 0) is 14.9 Å². The number of carbonyl (C=O) groups is 3. The summed E-state index contributed by atoms with van der Waals surface area (Å²) in [5.74, 6) is 0.900. The van der Waals surface area contributed by atoms with Gasteiger partial charge in [-0.3, -0.25) is 4.79 Å². The standard InChI is InChI=1S/C13H22N4O3S.C11H15NO2/c1-7-20-9(18)8-21-11-14-10(13(2,3)4)15-17(11)12(19)16(5)6;1-7-5-10(14-11(13)12-4)6-8(2)9(7)3/h7-8H2,1-6H3;5-6H,1-4H3,(H,12,13). The van der Waals surface area contributed by atoms with E-state index in [-0.39, 0.29) is 23.2 Å². The minimum atomic E-state index is -0.437. The van der Waals surface area contributed by atoms with Crippen LogP contribution in [0.3, 0.4) is 0 Å². The summed E-state index contributed by atoms with van der Waals surface area (Å²) in [4.78, 5) is 40.3. The van der Waals surface area contributed by atoms with Crippen LogP contribution in [0.25, 0.3) is 0 Å². The Labute approximate surface area is 211 Å². The van der Waals surface area contributed by atoms with Crippen molar-refractivity contribution in [2.24, 2.45) is 0 Å². The molecule has 0 aliphatic carbocycles. The van der Waals surface area contributed by atoms with Gasteiger partial charge in [-0.15, -0.1) is 5.10 Å². The van der Waals surface area contributed by atoms with Crippen molar-refractivity contribution in [2.75, 3.05) is 33.5 Å². The molecule has 2 amide bonds. The van der Waals surface area contributed by atoms with Gasteiger partial charge in [0, 0.05) is 26.6 Å². The molecule has 0 radical (unpaired) electrons. The number of nitrogens with zero attached hydrogens (tertiary/aromatic N) is 4. The van der Waals surface area contributed by atoms with Crippen LogP contribution in [0.1, 0.15) is 50.2 Å². The molecule has 0 unspecified atom stereocenters. The minimum Gasteiger partial charge on any atom is -0.465 e. The first kappa shape index (κ1) is 30.0. The lowest BCUT2D eigenvalue weighted by Gasteiger charge is -2.13. The van der Waals surface area contributed by atoms with Gasteiger partial charge in [-0.2, -0.15) is 4.68 Å². The van der Waals surface area contributed by atoms with Crippen LogP contribution in [0.15, 0.2) is 17.3 Å². The molecule has 1 heterocycles. The average molecular weight is 508 g/mol. The van der Waals surface area contributed by atoms with Gasteiger partial charge < -0.3 is 19.7 Å². The van der Waals surface area contributed by atoms with Gasteiger partial charge >= 0.3 is 18.1 Å². The van der Waals surface area contributed by atoms with E-state index in [0.29, 0.717) is 23.3 Å². The van der Waals surface area contributed by atoms with Gasteiger partial charge in [-0.05, 0) is 56.5 Å². The third-order valence-corrected chi connectivity index (χ3v) is 5.65. The lowest BCUT2D eigenvalue weighted by Crippen LogP contribution is -2.29. The number of nitrogens with one attached hydrogen (secondary N) is 1. The number of thioether (sulfide) groups is 1. The zero-order chi connectivity index (χ0) is 26.9. The molecule has 0 fully saturated rings. The van der Waals surface area contributed by atoms with E-state index < -0.39 is 6.09 Å². The highest BCUT2D eigenvalue weighted by molar-refractivity contribution is 7.99. The summed E-state index contributed by atoms with van der Waals surface area (Å²) in [6.07, 6.45) is -0.437. The summed E-state index contributed by atoms with van der Waals surface area (Å²) < 4.78 is 11.1. The topological polar surface area (TPSA) is 116 Å². The molecule has 0 atom stereocenters. The quantitative estimate of drug-likeness (QED) is 0.475. The van der Waals surface area contributed by atoms with Crippen LogP contribution < -0.4 is 10.1 Å². The summed E-state index contributed by atoms with van der Waals surface area (Å²) in [5.41, 5.74) is 3.21. The van der Waals surface area contributed by atoms with Crippen molar-refractivity contribution >= 4 is 29.9 Å². The number of carbonyl (C=O) groups excluding carboxylic acids is 3. The molecule has 2 rings (SSSR count). The van der Waals surface area contributed by atoms with Gasteiger partial charge in [0.1, 0.15) is 5.75 Å². The van der Waals surface area contributed by atoms with Crippen LogP contribution in [0.4, 0.5) is 9.59 Å². The van der Waals surface area contributed by atoms with Gasteiger partial charge in [0.05, 0.1) is 12.4 Å². The maximum Gasteiger partial charge on any atom is 0.412 e. The molecule has 1 N–H and O–H groups in total. The average Bonchev–Trinajstić information content (AvgIpc) is 3.20. The van der Waals surface area contributed by atoms with E-state index in [1.54, 1.807) is 21.0 Å². The third-order valence-electron chi connectivity index (χ3n) is 4.75. The highest BCUT2D eigenvalue weighted by Gasteiger charge is 2.25. The van der Waals surface area contributed by atoms with Crippen LogP contribution >= 0.6 is 11.8 Å². The number of amides is 2. The second-order valence-corrected chi connectivity index (χ2v) is 9.91. The fourth-order valence-corrected chi connectivity index (χ4v) is 3.28. The number of esters is 1. The Morgan fingerprint density at radius 1 is 1.11 bits per heavy atom. The first-order valence-electron chi connectivity index (χ1n) is 11.2. The number of ether oxygens (including phenoxy) is 2. The van der Waals surface area contributed by atoms with E-state index in [0.717, 1.165) is 22.9 Å². The normalized spacial score (nSPS) is 10.7. The van der Waals surface area contributed by atoms with Crippen molar-refractivity contribution in [3.8, 4) is 5.75 Å². The zero-order valence-electron chi connectivity index (χ0n) is 22.3. The molecule has 0 aliphatic rings. The number of benzene rings is 1. The number of aryl methyl sites for hydroxylation is 2. The number of rotatable bonds is 5. The van der Waals surface area contributed by atoms with Crippen molar-refractivity contribution < 1.29 is 23.9 Å². The minimum absolute atomic E-state index is 0.0941. The number of hydrogen-bond acceptors (Lipinski definition) is 8. The van der Waals surface area contributed by atoms with Crippen molar-refractivity contribution in [1.82, 2.24) is 25.0 Å². The van der Waals surface area contributed by atoms with Gasteiger partial charge in [0.25, 0.3) is 0 Å². The maximum absolute atomic E-state index is 12.1.